The van der Waals surface area contributed by atoms with Crippen LogP contribution in [-0.4, -0.2) is 0 Å². The number of hydrogen-bond acceptors (Lipinski definition) is 0. The first kappa shape index (κ1) is 25.9. The molecule has 8 aromatic rings. The van der Waals surface area contributed by atoms with E-state index in [2.05, 4.69) is 182 Å². The Hall–Kier alpha value is -5.72. The minimum Gasteiger partial charge on any atom is -0.0622 e. The summed E-state index contributed by atoms with van der Waals surface area (Å²) in [4.78, 5) is 0. The van der Waals surface area contributed by atoms with Gasteiger partial charge < -0.3 is 0 Å². The lowest BCUT2D eigenvalue weighted by atomic mass is 9.83. The molecule has 44 heavy (non-hydrogen) atoms. The zero-order valence-corrected chi connectivity index (χ0v) is 24.3. The third-order valence-electron chi connectivity index (χ3n) is 8.71. The Morgan fingerprint density at radius 1 is 0.182 bits per heavy atom. The molecule has 0 heteroatoms. The molecule has 0 aliphatic carbocycles. The number of hydrogen-bond donors (Lipinski definition) is 0. The first-order chi connectivity index (χ1) is 21.9. The highest BCUT2D eigenvalue weighted by molar-refractivity contribution is 6.22. The van der Waals surface area contributed by atoms with Crippen molar-refractivity contribution >= 4 is 21.5 Å². The van der Waals surface area contributed by atoms with Crippen molar-refractivity contribution in [1.82, 2.24) is 0 Å². The van der Waals surface area contributed by atoms with Crippen molar-refractivity contribution in [2.45, 2.75) is 0 Å². The molecule has 0 nitrogen and oxygen atoms in total. The summed E-state index contributed by atoms with van der Waals surface area (Å²) in [5.74, 6) is 0. The Morgan fingerprint density at radius 3 is 1.07 bits per heavy atom. The summed E-state index contributed by atoms with van der Waals surface area (Å²) >= 11 is 0. The van der Waals surface area contributed by atoms with E-state index in [-0.39, 0.29) is 0 Å². The van der Waals surface area contributed by atoms with Gasteiger partial charge in [0.15, 0.2) is 0 Å². The molecule has 8 rings (SSSR count). The molecule has 0 heterocycles. The van der Waals surface area contributed by atoms with Crippen LogP contribution >= 0.6 is 0 Å². The lowest BCUT2D eigenvalue weighted by Gasteiger charge is -2.20. The standard InChI is InChI=1S/C44H30/c1-3-15-31(16-4-1)32-27-29-33(30-28-32)35-19-7-8-20-36(35)37-21-9-10-22-38(37)44-41-25-13-11-23-39(41)43(34-17-5-2-6-18-34)40-24-12-14-26-42(40)44/h1-30H. The number of benzene rings is 8. The molecule has 0 amide bonds. The van der Waals surface area contributed by atoms with Crippen molar-refractivity contribution in [3.05, 3.63) is 182 Å². The van der Waals surface area contributed by atoms with Crippen LogP contribution in [0.25, 0.3) is 77.2 Å². The molecule has 0 aromatic heterocycles. The summed E-state index contributed by atoms with van der Waals surface area (Å²) in [6.07, 6.45) is 0. The van der Waals surface area contributed by atoms with Crippen LogP contribution in [-0.2, 0) is 0 Å². The average molecular weight is 559 g/mol. The van der Waals surface area contributed by atoms with Crippen LogP contribution < -0.4 is 0 Å². The normalized spacial score (nSPS) is 11.2. The fraction of sp³-hybridized carbons (Fsp3) is 0. The number of rotatable bonds is 5. The van der Waals surface area contributed by atoms with Gasteiger partial charge in [-0.1, -0.05) is 182 Å². The van der Waals surface area contributed by atoms with E-state index < -0.39 is 0 Å². The molecule has 0 spiro atoms. The zero-order valence-electron chi connectivity index (χ0n) is 24.3. The van der Waals surface area contributed by atoms with E-state index in [1.165, 1.54) is 77.2 Å². The molecule has 0 N–H and O–H groups in total. The topological polar surface area (TPSA) is 0 Å². The predicted molar refractivity (Wildman–Crippen MR) is 189 cm³/mol. The highest BCUT2D eigenvalue weighted by Crippen LogP contribution is 2.47. The van der Waals surface area contributed by atoms with E-state index in [0.717, 1.165) is 0 Å². The van der Waals surface area contributed by atoms with E-state index in [0.29, 0.717) is 0 Å². The van der Waals surface area contributed by atoms with Crippen molar-refractivity contribution in [2.24, 2.45) is 0 Å². The molecular weight excluding hydrogens is 528 g/mol. The highest BCUT2D eigenvalue weighted by Gasteiger charge is 2.19. The molecule has 206 valence electrons. The largest absolute Gasteiger partial charge is 0.0622 e. The van der Waals surface area contributed by atoms with Gasteiger partial charge in [0, 0.05) is 0 Å². The maximum absolute atomic E-state index is 2.29. The molecule has 0 radical (unpaired) electrons. The predicted octanol–water partition coefficient (Wildman–Crippen LogP) is 12.3. The number of fused-ring (bicyclic) bond motifs is 2. The molecule has 0 aliphatic rings. The Morgan fingerprint density at radius 2 is 0.523 bits per heavy atom. The smallest absolute Gasteiger partial charge is 0.00201 e. The molecule has 0 saturated carbocycles. The van der Waals surface area contributed by atoms with Gasteiger partial charge in [-0.05, 0) is 77.2 Å². The molecule has 0 unspecified atom stereocenters. The van der Waals surface area contributed by atoms with Crippen LogP contribution in [0.15, 0.2) is 182 Å². The first-order valence-electron chi connectivity index (χ1n) is 15.2. The second-order valence-electron chi connectivity index (χ2n) is 11.2. The van der Waals surface area contributed by atoms with Gasteiger partial charge in [0.25, 0.3) is 0 Å². The van der Waals surface area contributed by atoms with Gasteiger partial charge in [0.05, 0.1) is 0 Å². The third-order valence-corrected chi connectivity index (χ3v) is 8.71. The summed E-state index contributed by atoms with van der Waals surface area (Å²) in [6, 6.07) is 65.8. The van der Waals surface area contributed by atoms with Crippen LogP contribution in [0.5, 0.6) is 0 Å². The maximum atomic E-state index is 2.29. The van der Waals surface area contributed by atoms with Gasteiger partial charge in [-0.3, -0.25) is 0 Å². The van der Waals surface area contributed by atoms with Crippen LogP contribution in [0.1, 0.15) is 0 Å². The van der Waals surface area contributed by atoms with Gasteiger partial charge in [-0.25, -0.2) is 0 Å². The van der Waals surface area contributed by atoms with Gasteiger partial charge in [0.2, 0.25) is 0 Å². The molecule has 0 bridgehead atoms. The van der Waals surface area contributed by atoms with Crippen molar-refractivity contribution in [2.75, 3.05) is 0 Å². The maximum Gasteiger partial charge on any atom is -0.00201 e. The van der Waals surface area contributed by atoms with Crippen molar-refractivity contribution in [3.8, 4) is 55.6 Å². The quantitative estimate of drug-likeness (QED) is 0.184. The second-order valence-corrected chi connectivity index (χ2v) is 11.2. The second kappa shape index (κ2) is 11.2. The van der Waals surface area contributed by atoms with E-state index in [4.69, 9.17) is 0 Å². The summed E-state index contributed by atoms with van der Waals surface area (Å²) in [7, 11) is 0. The lowest BCUT2D eigenvalue weighted by molar-refractivity contribution is 1.56. The van der Waals surface area contributed by atoms with Crippen LogP contribution in [0, 0.1) is 0 Å². The van der Waals surface area contributed by atoms with Crippen LogP contribution in [0.4, 0.5) is 0 Å². The van der Waals surface area contributed by atoms with E-state index >= 15 is 0 Å². The Balaban J connectivity index is 1.36. The zero-order chi connectivity index (χ0) is 29.3. The van der Waals surface area contributed by atoms with Gasteiger partial charge >= 0.3 is 0 Å². The van der Waals surface area contributed by atoms with Gasteiger partial charge in [-0.2, -0.15) is 0 Å². The monoisotopic (exact) mass is 558 g/mol. The van der Waals surface area contributed by atoms with Gasteiger partial charge in [-0.15, -0.1) is 0 Å². The summed E-state index contributed by atoms with van der Waals surface area (Å²) in [5.41, 5.74) is 12.4. The molecule has 0 atom stereocenters. The SMILES string of the molecule is c1ccc(-c2ccc(-c3ccccc3-c3ccccc3-c3c4ccccc4c(-c4ccccc4)c4ccccc34)cc2)cc1. The molecule has 0 fully saturated rings. The molecule has 8 aromatic carbocycles. The summed E-state index contributed by atoms with van der Waals surface area (Å²) < 4.78 is 0. The molecule has 0 aliphatic heterocycles. The van der Waals surface area contributed by atoms with Crippen molar-refractivity contribution < 1.29 is 0 Å². The lowest BCUT2D eigenvalue weighted by Crippen LogP contribution is -1.93. The Kier molecular flexibility index (Phi) is 6.59. The third kappa shape index (κ3) is 4.49. The summed E-state index contributed by atoms with van der Waals surface area (Å²) in [6.45, 7) is 0. The minimum atomic E-state index is 1.21. The fourth-order valence-electron chi connectivity index (χ4n) is 6.71. The van der Waals surface area contributed by atoms with Crippen LogP contribution in [0.2, 0.25) is 0 Å². The van der Waals surface area contributed by atoms with Crippen molar-refractivity contribution in [3.63, 3.8) is 0 Å². The van der Waals surface area contributed by atoms with E-state index in [9.17, 15) is 0 Å². The molecule has 0 saturated heterocycles. The Labute approximate surface area is 258 Å². The molecular formula is C44H30. The first-order valence-corrected chi connectivity index (χ1v) is 15.2. The van der Waals surface area contributed by atoms with E-state index in [1.807, 2.05) is 0 Å². The Bertz CT molecular complexity index is 2180. The average Bonchev–Trinajstić information content (AvgIpc) is 3.11. The minimum absolute atomic E-state index is 1.21. The highest BCUT2D eigenvalue weighted by atomic mass is 14.2. The van der Waals surface area contributed by atoms with Crippen LogP contribution in [0.3, 0.4) is 0 Å². The van der Waals surface area contributed by atoms with Gasteiger partial charge in [0.1, 0.15) is 0 Å². The van der Waals surface area contributed by atoms with E-state index in [1.54, 1.807) is 0 Å². The van der Waals surface area contributed by atoms with Crippen molar-refractivity contribution in [1.29, 1.82) is 0 Å². The fourth-order valence-corrected chi connectivity index (χ4v) is 6.71. The summed E-state index contributed by atoms with van der Waals surface area (Å²) in [5, 5.41) is 5.07.